The molecule has 108 valence electrons. The average Bonchev–Trinajstić information content (AvgIpc) is 2.29. The van der Waals surface area contributed by atoms with Crippen LogP contribution in [0.15, 0.2) is 0 Å². The van der Waals surface area contributed by atoms with Crippen LogP contribution < -0.4 is 0 Å². The summed E-state index contributed by atoms with van der Waals surface area (Å²) in [7, 11) is 1.08. The van der Waals surface area contributed by atoms with Crippen molar-refractivity contribution >= 4 is 8.24 Å². The van der Waals surface area contributed by atoms with Gasteiger partial charge in [-0.1, -0.05) is 60.8 Å². The van der Waals surface area contributed by atoms with E-state index in [0.29, 0.717) is 0 Å². The Hall–Kier alpha value is 0.177. The molecule has 1 fully saturated rings. The predicted molar refractivity (Wildman–Crippen MR) is 85.7 cm³/mol. The molecule has 0 saturated heterocycles. The molecular formula is C16H35NSi. The highest BCUT2D eigenvalue weighted by Crippen LogP contribution is 2.45. The number of nitrogens with zero attached hydrogens (tertiary/aromatic N) is 1. The summed E-state index contributed by atoms with van der Waals surface area (Å²) in [6.07, 6.45) is 7.25. The van der Waals surface area contributed by atoms with Gasteiger partial charge in [0.25, 0.3) is 0 Å². The van der Waals surface area contributed by atoms with Crippen LogP contribution in [0.3, 0.4) is 0 Å². The van der Waals surface area contributed by atoms with Crippen molar-refractivity contribution in [1.29, 1.82) is 0 Å². The Morgan fingerprint density at radius 2 is 1.17 bits per heavy atom. The SMILES string of the molecule is CC(C)[Si](C(C)C)(C(C)C)N(C)C1CCCCC1. The van der Waals surface area contributed by atoms with E-state index < -0.39 is 8.24 Å². The Kier molecular flexibility index (Phi) is 5.92. The molecule has 1 aliphatic carbocycles. The number of rotatable bonds is 5. The first-order chi connectivity index (χ1) is 8.35. The van der Waals surface area contributed by atoms with Gasteiger partial charge >= 0.3 is 0 Å². The van der Waals surface area contributed by atoms with E-state index in [1.54, 1.807) is 0 Å². The number of hydrogen-bond acceptors (Lipinski definition) is 1. The van der Waals surface area contributed by atoms with Crippen LogP contribution in [0, 0.1) is 0 Å². The zero-order valence-corrected chi connectivity index (χ0v) is 14.8. The zero-order chi connectivity index (χ0) is 13.9. The summed E-state index contributed by atoms with van der Waals surface area (Å²) in [6.45, 7) is 14.9. The lowest BCUT2D eigenvalue weighted by Gasteiger charge is -2.53. The van der Waals surface area contributed by atoms with Crippen LogP contribution in [0.5, 0.6) is 0 Å². The maximum absolute atomic E-state index is 2.91. The quantitative estimate of drug-likeness (QED) is 0.602. The summed E-state index contributed by atoms with van der Waals surface area (Å²) in [4.78, 5) is 0. The minimum atomic E-state index is -1.39. The molecule has 1 nitrogen and oxygen atoms in total. The molecule has 0 radical (unpaired) electrons. The first-order valence-corrected chi connectivity index (χ1v) is 10.3. The molecule has 1 rings (SSSR count). The van der Waals surface area contributed by atoms with Crippen molar-refractivity contribution < 1.29 is 0 Å². The van der Waals surface area contributed by atoms with Crippen molar-refractivity contribution in [3.05, 3.63) is 0 Å². The molecule has 0 unspecified atom stereocenters. The molecule has 1 aliphatic rings. The smallest absolute Gasteiger partial charge is 0.136 e. The molecule has 0 amide bonds. The summed E-state index contributed by atoms with van der Waals surface area (Å²) in [6, 6.07) is 0.873. The van der Waals surface area contributed by atoms with E-state index in [0.717, 1.165) is 22.7 Å². The first-order valence-electron chi connectivity index (χ1n) is 8.08. The maximum Gasteiger partial charge on any atom is 0.136 e. The van der Waals surface area contributed by atoms with E-state index in [4.69, 9.17) is 0 Å². The van der Waals surface area contributed by atoms with Crippen LogP contribution in [0.2, 0.25) is 16.6 Å². The Balaban J connectivity index is 3.00. The zero-order valence-electron chi connectivity index (χ0n) is 13.8. The lowest BCUT2D eigenvalue weighted by atomic mass is 9.96. The molecule has 0 bridgehead atoms. The third-order valence-corrected chi connectivity index (χ3v) is 12.6. The summed E-state index contributed by atoms with van der Waals surface area (Å²) in [5.74, 6) is 0. The average molecular weight is 270 g/mol. The van der Waals surface area contributed by atoms with Gasteiger partial charge in [-0.05, 0) is 36.5 Å². The van der Waals surface area contributed by atoms with Gasteiger partial charge in [-0.25, -0.2) is 0 Å². The van der Waals surface area contributed by atoms with Crippen molar-refractivity contribution in [2.45, 2.75) is 96.3 Å². The van der Waals surface area contributed by atoms with Gasteiger partial charge in [0, 0.05) is 6.04 Å². The molecular weight excluding hydrogens is 234 g/mol. The van der Waals surface area contributed by atoms with E-state index in [9.17, 15) is 0 Å². The summed E-state index contributed by atoms with van der Waals surface area (Å²) in [5, 5.41) is 0. The highest BCUT2D eigenvalue weighted by Gasteiger charge is 2.48. The summed E-state index contributed by atoms with van der Waals surface area (Å²) in [5.41, 5.74) is 2.55. The molecule has 0 aromatic heterocycles. The van der Waals surface area contributed by atoms with Crippen LogP contribution >= 0.6 is 0 Å². The molecule has 18 heavy (non-hydrogen) atoms. The molecule has 0 aliphatic heterocycles. The second kappa shape index (κ2) is 6.56. The molecule has 1 saturated carbocycles. The van der Waals surface area contributed by atoms with Gasteiger partial charge in [-0.3, -0.25) is 0 Å². The minimum Gasteiger partial charge on any atom is -0.323 e. The van der Waals surface area contributed by atoms with E-state index in [1.165, 1.54) is 32.1 Å². The highest BCUT2D eigenvalue weighted by atomic mass is 28.3. The lowest BCUT2D eigenvalue weighted by molar-refractivity contribution is 0.267. The second-order valence-corrected chi connectivity index (χ2v) is 13.2. The van der Waals surface area contributed by atoms with E-state index in [1.807, 2.05) is 0 Å². The van der Waals surface area contributed by atoms with E-state index in [2.05, 4.69) is 53.2 Å². The standard InChI is InChI=1S/C16H35NSi/c1-13(2)18(14(3)4,15(5)6)17(7)16-11-9-8-10-12-16/h13-16H,8-12H2,1-7H3. The fourth-order valence-electron chi connectivity index (χ4n) is 5.01. The van der Waals surface area contributed by atoms with Crippen molar-refractivity contribution in [1.82, 2.24) is 4.57 Å². The maximum atomic E-state index is 2.91. The Morgan fingerprint density at radius 1 is 0.778 bits per heavy atom. The van der Waals surface area contributed by atoms with Crippen molar-refractivity contribution in [3.63, 3.8) is 0 Å². The van der Waals surface area contributed by atoms with Crippen LogP contribution in [-0.4, -0.2) is 25.9 Å². The molecule has 2 heteroatoms. The van der Waals surface area contributed by atoms with Crippen molar-refractivity contribution in [3.8, 4) is 0 Å². The summed E-state index contributed by atoms with van der Waals surface area (Å²) < 4.78 is 2.91. The Morgan fingerprint density at radius 3 is 1.50 bits per heavy atom. The van der Waals surface area contributed by atoms with Gasteiger partial charge < -0.3 is 4.57 Å². The van der Waals surface area contributed by atoms with Gasteiger partial charge in [0.2, 0.25) is 0 Å². The number of hydrogen-bond donors (Lipinski definition) is 0. The lowest BCUT2D eigenvalue weighted by Crippen LogP contribution is -2.62. The van der Waals surface area contributed by atoms with E-state index in [-0.39, 0.29) is 0 Å². The predicted octanol–water partition coefficient (Wildman–Crippen LogP) is 5.43. The molecule has 0 atom stereocenters. The van der Waals surface area contributed by atoms with Crippen molar-refractivity contribution in [2.75, 3.05) is 7.05 Å². The fourth-order valence-corrected chi connectivity index (χ4v) is 12.3. The Bertz CT molecular complexity index is 220. The summed E-state index contributed by atoms with van der Waals surface area (Å²) >= 11 is 0. The third kappa shape index (κ3) is 2.85. The molecule has 0 aromatic rings. The minimum absolute atomic E-state index is 0.851. The highest BCUT2D eigenvalue weighted by molar-refractivity contribution is 6.80. The molecule has 0 N–H and O–H groups in total. The molecule has 0 aromatic carbocycles. The van der Waals surface area contributed by atoms with E-state index >= 15 is 0 Å². The van der Waals surface area contributed by atoms with Gasteiger partial charge in [-0.15, -0.1) is 0 Å². The van der Waals surface area contributed by atoms with Crippen LogP contribution in [-0.2, 0) is 0 Å². The third-order valence-electron chi connectivity index (χ3n) is 5.51. The van der Waals surface area contributed by atoms with Gasteiger partial charge in [0.15, 0.2) is 0 Å². The molecule has 0 heterocycles. The topological polar surface area (TPSA) is 3.24 Å². The first kappa shape index (κ1) is 16.2. The molecule has 0 spiro atoms. The van der Waals surface area contributed by atoms with Crippen LogP contribution in [0.4, 0.5) is 0 Å². The largest absolute Gasteiger partial charge is 0.323 e. The van der Waals surface area contributed by atoms with Gasteiger partial charge in [0.1, 0.15) is 8.24 Å². The van der Waals surface area contributed by atoms with Crippen LogP contribution in [0.1, 0.15) is 73.6 Å². The van der Waals surface area contributed by atoms with Gasteiger partial charge in [0.05, 0.1) is 0 Å². The van der Waals surface area contributed by atoms with Crippen molar-refractivity contribution in [2.24, 2.45) is 0 Å². The normalized spacial score (nSPS) is 19.5. The fraction of sp³-hybridized carbons (Fsp3) is 1.00. The second-order valence-electron chi connectivity index (χ2n) is 7.25. The van der Waals surface area contributed by atoms with Crippen LogP contribution in [0.25, 0.3) is 0 Å². The Labute approximate surface area is 116 Å². The van der Waals surface area contributed by atoms with Gasteiger partial charge in [-0.2, -0.15) is 0 Å². The monoisotopic (exact) mass is 269 g/mol.